The molecule has 0 N–H and O–H groups in total. The van der Waals surface area contributed by atoms with Crippen molar-refractivity contribution in [3.63, 3.8) is 0 Å². The van der Waals surface area contributed by atoms with Crippen molar-refractivity contribution < 1.29 is 32.5 Å². The summed E-state index contributed by atoms with van der Waals surface area (Å²) >= 11 is 0. The van der Waals surface area contributed by atoms with Crippen LogP contribution >= 0.6 is 0 Å². The fourth-order valence-electron chi connectivity index (χ4n) is 4.29. The monoisotopic (exact) mass is 489 g/mol. The van der Waals surface area contributed by atoms with Gasteiger partial charge >= 0.3 is 11.9 Å². The third kappa shape index (κ3) is 4.42. The fourth-order valence-corrected chi connectivity index (χ4v) is 7.88. The molecule has 0 aromatic heterocycles. The highest BCUT2D eigenvalue weighted by Crippen LogP contribution is 2.54. The molecule has 0 aliphatic carbocycles. The predicted octanol–water partition coefficient (Wildman–Crippen LogP) is 2.58. The molecule has 2 rings (SSSR count). The van der Waals surface area contributed by atoms with E-state index in [1.165, 1.54) is 4.90 Å². The Morgan fingerprint density at radius 2 is 1.59 bits per heavy atom. The molecule has 32 heavy (non-hydrogen) atoms. The molecule has 0 aromatic rings. The van der Waals surface area contributed by atoms with Gasteiger partial charge in [-0.25, -0.2) is 4.79 Å². The first-order valence-electron chi connectivity index (χ1n) is 11.0. The van der Waals surface area contributed by atoms with E-state index in [9.17, 15) is 18.6 Å². The van der Waals surface area contributed by atoms with Crippen molar-refractivity contribution in [3.8, 4) is 0 Å². The highest BCUT2D eigenvalue weighted by Gasteiger charge is 2.73. The number of amides is 1. The van der Waals surface area contributed by atoms with E-state index in [2.05, 4.69) is 0 Å². The molecule has 0 saturated carbocycles. The van der Waals surface area contributed by atoms with Crippen molar-refractivity contribution in [2.24, 2.45) is 16.7 Å². The summed E-state index contributed by atoms with van der Waals surface area (Å²) in [6.45, 7) is 20.0. The number of hydrogen-bond donors (Lipinski definition) is 0. The quantitative estimate of drug-likeness (QED) is 0.245. The minimum Gasteiger partial charge on any atom is -0.427 e. The van der Waals surface area contributed by atoms with Gasteiger partial charge in [0.15, 0.2) is 9.04 Å². The Balaban J connectivity index is 2.28. The predicted molar refractivity (Wildman–Crippen MR) is 124 cm³/mol. The van der Waals surface area contributed by atoms with E-state index in [-0.39, 0.29) is 11.3 Å². The van der Waals surface area contributed by atoms with Crippen LogP contribution in [-0.2, 0) is 39.1 Å². The molecule has 184 valence electrons. The molecule has 0 aromatic carbocycles. The van der Waals surface area contributed by atoms with E-state index in [1.807, 2.05) is 40.8 Å². The summed E-state index contributed by atoms with van der Waals surface area (Å²) in [7, 11) is -3.05. The number of carbonyl (C=O) groups is 3. The summed E-state index contributed by atoms with van der Waals surface area (Å²) < 4.78 is 29.1. The molecule has 0 spiro atoms. The summed E-state index contributed by atoms with van der Waals surface area (Å²) in [5.41, 5.74) is -1.94. The minimum absolute atomic E-state index is 0.255. The number of nitrogens with zero attached hydrogens (tertiary/aromatic N) is 1. The highest BCUT2D eigenvalue weighted by molar-refractivity contribution is 7.87. The van der Waals surface area contributed by atoms with Crippen LogP contribution in [0.4, 0.5) is 0 Å². The maximum atomic E-state index is 13.5. The van der Waals surface area contributed by atoms with Gasteiger partial charge in [0.05, 0.1) is 32.5 Å². The van der Waals surface area contributed by atoms with Crippen molar-refractivity contribution in [2.45, 2.75) is 97.2 Å². The van der Waals surface area contributed by atoms with E-state index in [0.717, 1.165) is 0 Å². The van der Waals surface area contributed by atoms with Crippen LogP contribution in [0.1, 0.15) is 62.3 Å². The van der Waals surface area contributed by atoms with Gasteiger partial charge in [-0.05, 0) is 60.1 Å². The summed E-state index contributed by atoms with van der Waals surface area (Å²) in [4.78, 5) is 39.7. The first-order valence-corrected chi connectivity index (χ1v) is 15.0. The molecule has 2 fully saturated rings. The van der Waals surface area contributed by atoms with Crippen LogP contribution in [0.3, 0.4) is 0 Å². The number of esters is 2. The summed E-state index contributed by atoms with van der Waals surface area (Å²) in [5.74, 6) is -2.10. The molecule has 5 atom stereocenters. The van der Waals surface area contributed by atoms with Crippen molar-refractivity contribution >= 4 is 37.7 Å². The van der Waals surface area contributed by atoms with Gasteiger partial charge in [0.1, 0.15) is 11.4 Å². The molecular weight excluding hydrogens is 450 g/mol. The van der Waals surface area contributed by atoms with Crippen molar-refractivity contribution in [1.82, 2.24) is 4.90 Å². The molecule has 2 aliphatic rings. The van der Waals surface area contributed by atoms with Gasteiger partial charge in [-0.1, -0.05) is 20.8 Å². The number of fused-ring (bicyclic) bond motifs is 1. The molecule has 0 bridgehead atoms. The number of carbonyl (C=O) groups excluding carboxylic acids is 3. The Bertz CT molecular complexity index is 814. The smallest absolute Gasteiger partial charge is 0.333 e. The van der Waals surface area contributed by atoms with Crippen LogP contribution in [0.5, 0.6) is 0 Å². The van der Waals surface area contributed by atoms with Gasteiger partial charge in [0.2, 0.25) is 12.7 Å². The zero-order valence-electron chi connectivity index (χ0n) is 21.2. The van der Waals surface area contributed by atoms with E-state index in [0.29, 0.717) is 0 Å². The van der Waals surface area contributed by atoms with Gasteiger partial charge in [-0.2, -0.15) is 0 Å². The number of β-lactam (4-membered cyclic amide) rings is 1. The van der Waals surface area contributed by atoms with Gasteiger partial charge < -0.3 is 18.8 Å². The van der Waals surface area contributed by atoms with Crippen LogP contribution < -0.4 is 0 Å². The Hall–Kier alpha value is -1.26. The second-order valence-electron chi connectivity index (χ2n) is 11.7. The van der Waals surface area contributed by atoms with Crippen LogP contribution in [0.15, 0.2) is 0 Å². The molecular formula is C22H39NO7SSi. The third-order valence-electron chi connectivity index (χ3n) is 6.54. The number of ether oxygens (including phenoxy) is 2. The molecule has 10 heteroatoms. The van der Waals surface area contributed by atoms with Crippen molar-refractivity contribution in [2.75, 3.05) is 6.79 Å². The largest absolute Gasteiger partial charge is 0.427 e. The summed E-state index contributed by atoms with van der Waals surface area (Å²) in [6, 6.07) is -1.02. The van der Waals surface area contributed by atoms with E-state index >= 15 is 0 Å². The SMILES string of the molecule is C[SiH](C)OC(C)([C@@H]1C(=O)N2[C@@H]1S(=O)C(C)(C)[C@@H]2C(=O)OCOC(=O)C(C)(C)C)C(C)(C)C. The molecule has 0 radical (unpaired) electrons. The normalized spacial score (nSPS) is 29.2. The molecule has 8 nitrogen and oxygen atoms in total. The molecule has 2 unspecified atom stereocenters. The maximum Gasteiger partial charge on any atom is 0.333 e. The maximum absolute atomic E-state index is 13.5. The second-order valence-corrected chi connectivity index (χ2v) is 16.2. The van der Waals surface area contributed by atoms with Crippen LogP contribution in [0, 0.1) is 16.7 Å². The Morgan fingerprint density at radius 3 is 2.03 bits per heavy atom. The fraction of sp³-hybridized carbons (Fsp3) is 0.864. The van der Waals surface area contributed by atoms with Gasteiger partial charge in [0, 0.05) is 0 Å². The number of rotatable bonds is 6. The lowest BCUT2D eigenvalue weighted by molar-refractivity contribution is -0.191. The lowest BCUT2D eigenvalue weighted by atomic mass is 9.66. The van der Waals surface area contributed by atoms with Gasteiger partial charge in [-0.3, -0.25) is 13.8 Å². The highest BCUT2D eigenvalue weighted by atomic mass is 32.2. The topological polar surface area (TPSA) is 99.2 Å². The second kappa shape index (κ2) is 8.50. The molecule has 2 heterocycles. The lowest BCUT2D eigenvalue weighted by Crippen LogP contribution is -2.72. The van der Waals surface area contributed by atoms with Crippen LogP contribution in [0.25, 0.3) is 0 Å². The molecule has 2 aliphatic heterocycles. The summed E-state index contributed by atoms with van der Waals surface area (Å²) in [6.07, 6.45) is 0. The first-order chi connectivity index (χ1) is 14.3. The van der Waals surface area contributed by atoms with E-state index < -0.39 is 71.7 Å². The standard InChI is InChI=1S/C22H39NO7SSi/c1-19(2,3)18(26)29-12-28-17(25)14-21(7,8)31(27)16-13(15(24)23(14)16)22(9,20(4,5)6)30-32(10)11/h13-14,16,32H,12H2,1-11H3/t13-,14+,16-,22?,31?/m1/s1. The zero-order valence-corrected chi connectivity index (χ0v) is 23.2. The van der Waals surface area contributed by atoms with E-state index in [1.54, 1.807) is 34.6 Å². The van der Waals surface area contributed by atoms with Crippen LogP contribution in [0.2, 0.25) is 13.1 Å². The Labute approximate surface area is 195 Å². The first kappa shape index (κ1) is 27.0. The Kier molecular flexibility index (Phi) is 7.17. The van der Waals surface area contributed by atoms with Gasteiger partial charge in [-0.15, -0.1) is 0 Å². The van der Waals surface area contributed by atoms with Crippen molar-refractivity contribution in [1.29, 1.82) is 0 Å². The average molecular weight is 490 g/mol. The van der Waals surface area contributed by atoms with Crippen LogP contribution in [-0.4, -0.2) is 64.6 Å². The number of hydrogen-bond acceptors (Lipinski definition) is 7. The Morgan fingerprint density at radius 1 is 1.06 bits per heavy atom. The van der Waals surface area contributed by atoms with Crippen molar-refractivity contribution in [3.05, 3.63) is 0 Å². The van der Waals surface area contributed by atoms with E-state index in [4.69, 9.17) is 13.9 Å². The zero-order chi connectivity index (χ0) is 25.0. The van der Waals surface area contributed by atoms with Gasteiger partial charge in [0.25, 0.3) is 0 Å². The average Bonchev–Trinajstić information content (AvgIpc) is 2.76. The molecule has 2 saturated heterocycles. The summed E-state index contributed by atoms with van der Waals surface area (Å²) in [5, 5.41) is -0.635. The third-order valence-corrected chi connectivity index (χ3v) is 9.70. The lowest BCUT2D eigenvalue weighted by Gasteiger charge is -2.56. The molecule has 1 amide bonds. The minimum atomic E-state index is -1.54.